The number of esters is 2. The summed E-state index contributed by atoms with van der Waals surface area (Å²) in [6, 6.07) is 8.18. The second-order valence-corrected chi connectivity index (χ2v) is 12.2. The van der Waals surface area contributed by atoms with Crippen LogP contribution in [-0.4, -0.2) is 52.6 Å². The van der Waals surface area contributed by atoms with Gasteiger partial charge in [0.1, 0.15) is 0 Å². The third-order valence-electron chi connectivity index (χ3n) is 9.51. The fourth-order valence-electron chi connectivity index (χ4n) is 6.72. The quantitative estimate of drug-likeness (QED) is 0.240. The fraction of sp³-hybridized carbons (Fsp3) is 0.351. The number of methoxy groups -OCH3 is 2. The van der Waals surface area contributed by atoms with Crippen LogP contribution in [0, 0.1) is 13.8 Å². The Labute approximate surface area is 273 Å². The number of hydrogen-bond acceptors (Lipinski definition) is 8. The van der Waals surface area contributed by atoms with Gasteiger partial charge in [0.15, 0.2) is 0 Å². The molecule has 0 fully saturated rings. The molecular formula is C37H40N6O4. The summed E-state index contributed by atoms with van der Waals surface area (Å²) in [6.45, 7) is 13.1. The van der Waals surface area contributed by atoms with Crippen molar-refractivity contribution in [2.45, 2.75) is 65.8 Å². The van der Waals surface area contributed by atoms with Gasteiger partial charge in [-0.2, -0.15) is 10.2 Å². The van der Waals surface area contributed by atoms with Gasteiger partial charge in [0.05, 0.1) is 49.6 Å². The van der Waals surface area contributed by atoms with Gasteiger partial charge in [-0.3, -0.25) is 9.59 Å². The molecule has 10 heteroatoms. The predicted molar refractivity (Wildman–Crippen MR) is 185 cm³/mol. The molecular weight excluding hydrogens is 592 g/mol. The molecule has 0 saturated heterocycles. The summed E-state index contributed by atoms with van der Waals surface area (Å²) >= 11 is 0. The Kier molecular flexibility index (Phi) is 8.77. The van der Waals surface area contributed by atoms with Gasteiger partial charge in [0.25, 0.3) is 0 Å². The summed E-state index contributed by atoms with van der Waals surface area (Å²) in [5.41, 5.74) is 15.0. The molecule has 1 unspecified atom stereocenters. The van der Waals surface area contributed by atoms with Crippen molar-refractivity contribution in [1.82, 2.24) is 19.9 Å². The highest BCUT2D eigenvalue weighted by Gasteiger charge is 2.25. The average molecular weight is 633 g/mol. The van der Waals surface area contributed by atoms with Crippen molar-refractivity contribution < 1.29 is 19.1 Å². The Morgan fingerprint density at radius 3 is 1.87 bits per heavy atom. The first-order valence-corrected chi connectivity index (χ1v) is 15.9. The molecule has 3 aliphatic heterocycles. The van der Waals surface area contributed by atoms with Crippen LogP contribution in [0.5, 0.6) is 0 Å². The normalized spacial score (nSPS) is 15.8. The Morgan fingerprint density at radius 2 is 1.34 bits per heavy atom. The molecule has 0 amide bonds. The number of aryl methyl sites for hydroxylation is 2. The van der Waals surface area contributed by atoms with Crippen molar-refractivity contribution >= 4 is 62.4 Å². The first kappa shape index (κ1) is 31.8. The molecule has 1 atom stereocenters. The van der Waals surface area contributed by atoms with Gasteiger partial charge in [-0.15, -0.1) is 0 Å². The summed E-state index contributed by atoms with van der Waals surface area (Å²) < 4.78 is 9.93. The van der Waals surface area contributed by atoms with Crippen LogP contribution in [-0.2, 0) is 19.1 Å². The summed E-state index contributed by atoms with van der Waals surface area (Å²) in [7, 11) is 2.80. The molecule has 3 aromatic rings. The average Bonchev–Trinajstić information content (AvgIpc) is 3.86. The third kappa shape index (κ3) is 5.95. The second kappa shape index (κ2) is 12.9. The van der Waals surface area contributed by atoms with E-state index >= 15 is 0 Å². The highest BCUT2D eigenvalue weighted by atomic mass is 16.5. The van der Waals surface area contributed by atoms with Gasteiger partial charge < -0.3 is 19.4 Å². The summed E-state index contributed by atoms with van der Waals surface area (Å²) in [6.07, 6.45) is 4.09. The molecule has 47 heavy (non-hydrogen) atoms. The zero-order valence-electron chi connectivity index (χ0n) is 27.8. The van der Waals surface area contributed by atoms with Gasteiger partial charge in [-0.1, -0.05) is 12.7 Å². The molecule has 0 aromatic carbocycles. The summed E-state index contributed by atoms with van der Waals surface area (Å²) in [5, 5.41) is 8.89. The van der Waals surface area contributed by atoms with Crippen LogP contribution in [0.25, 0.3) is 50.4 Å². The number of nitrogens with zero attached hydrogens (tertiary/aromatic N) is 4. The second-order valence-electron chi connectivity index (χ2n) is 12.2. The van der Waals surface area contributed by atoms with Crippen molar-refractivity contribution in [3.05, 3.63) is 75.9 Å². The van der Waals surface area contributed by atoms with Gasteiger partial charge in [-0.25, -0.2) is 9.97 Å². The van der Waals surface area contributed by atoms with Crippen LogP contribution in [0.2, 0.25) is 0 Å². The smallest absolute Gasteiger partial charge is 0.305 e. The minimum Gasteiger partial charge on any atom is -0.469 e. The fourth-order valence-corrected chi connectivity index (χ4v) is 6.72. The number of aromatic amines is 2. The molecule has 3 aromatic heterocycles. The largest absolute Gasteiger partial charge is 0.469 e. The Morgan fingerprint density at radius 1 is 0.787 bits per heavy atom. The number of H-pyrrole nitrogens is 2. The SMILES string of the molecule is C=Cc1c(C)c2cc3nc(cc4nc(cc5[nH]c(cc1[nH]2)c(C)c5C1CCN=N1)C(C)=C4CCC(=O)OC)C(CCC(=O)OC)=C3C. The summed E-state index contributed by atoms with van der Waals surface area (Å²) in [4.78, 5) is 42.0. The highest BCUT2D eigenvalue weighted by molar-refractivity contribution is 5.97. The number of azo groups is 1. The Hall–Kier alpha value is -5.12. The first-order valence-electron chi connectivity index (χ1n) is 15.9. The molecule has 8 bridgehead atoms. The van der Waals surface area contributed by atoms with E-state index in [0.717, 1.165) is 95.8 Å². The molecule has 2 N–H and O–H groups in total. The van der Waals surface area contributed by atoms with E-state index in [1.807, 2.05) is 26.0 Å². The molecule has 6 heterocycles. The lowest BCUT2D eigenvalue weighted by molar-refractivity contribution is -0.141. The molecule has 0 saturated carbocycles. The molecule has 242 valence electrons. The number of fused-ring (bicyclic) bond motifs is 8. The van der Waals surface area contributed by atoms with Gasteiger partial charge >= 0.3 is 11.9 Å². The van der Waals surface area contributed by atoms with E-state index in [1.165, 1.54) is 14.2 Å². The van der Waals surface area contributed by atoms with Crippen molar-refractivity contribution in [1.29, 1.82) is 0 Å². The zero-order valence-corrected chi connectivity index (χ0v) is 27.8. The third-order valence-corrected chi connectivity index (χ3v) is 9.51. The number of allylic oxidation sites excluding steroid dienone is 4. The van der Waals surface area contributed by atoms with Crippen molar-refractivity contribution in [2.24, 2.45) is 10.2 Å². The van der Waals surface area contributed by atoms with E-state index in [9.17, 15) is 9.59 Å². The van der Waals surface area contributed by atoms with Crippen LogP contribution in [0.3, 0.4) is 0 Å². The summed E-state index contributed by atoms with van der Waals surface area (Å²) in [5.74, 6) is -0.570. The number of carbonyl (C=O) groups excluding carboxylic acids is 2. The van der Waals surface area contributed by atoms with Crippen molar-refractivity contribution in [2.75, 3.05) is 20.8 Å². The molecule has 3 aliphatic rings. The first-order chi connectivity index (χ1) is 22.6. The maximum Gasteiger partial charge on any atom is 0.305 e. The lowest BCUT2D eigenvalue weighted by atomic mass is 9.98. The number of nitrogens with one attached hydrogen (secondary N) is 2. The van der Waals surface area contributed by atoms with E-state index in [-0.39, 0.29) is 30.8 Å². The Bertz CT molecular complexity index is 2080. The number of hydrogen-bond donors (Lipinski definition) is 2. The van der Waals surface area contributed by atoms with Crippen LogP contribution >= 0.6 is 0 Å². The van der Waals surface area contributed by atoms with Gasteiger partial charge in [0.2, 0.25) is 0 Å². The van der Waals surface area contributed by atoms with Crippen molar-refractivity contribution in [3.8, 4) is 0 Å². The number of carbonyl (C=O) groups is 2. The van der Waals surface area contributed by atoms with E-state index in [1.54, 1.807) is 0 Å². The van der Waals surface area contributed by atoms with Gasteiger partial charge in [0, 0.05) is 46.0 Å². The molecule has 0 aliphatic carbocycles. The lowest BCUT2D eigenvalue weighted by Gasteiger charge is -2.06. The monoisotopic (exact) mass is 632 g/mol. The van der Waals surface area contributed by atoms with E-state index < -0.39 is 0 Å². The topological polar surface area (TPSA) is 135 Å². The van der Waals surface area contributed by atoms with Crippen LogP contribution in [0.4, 0.5) is 0 Å². The molecule has 0 radical (unpaired) electrons. The number of aromatic nitrogens is 4. The van der Waals surface area contributed by atoms with E-state index in [2.05, 4.69) is 58.8 Å². The van der Waals surface area contributed by atoms with Gasteiger partial charge in [-0.05, 0) is 105 Å². The maximum absolute atomic E-state index is 12.3. The highest BCUT2D eigenvalue weighted by Crippen LogP contribution is 2.39. The minimum atomic E-state index is -0.285. The zero-order chi connectivity index (χ0) is 33.4. The predicted octanol–water partition coefficient (Wildman–Crippen LogP) is 8.24. The van der Waals surface area contributed by atoms with Crippen LogP contribution in [0.15, 0.2) is 41.1 Å². The van der Waals surface area contributed by atoms with Crippen LogP contribution in [0.1, 0.15) is 97.0 Å². The lowest BCUT2D eigenvalue weighted by Crippen LogP contribution is -2.01. The molecule has 10 nitrogen and oxygen atoms in total. The van der Waals surface area contributed by atoms with E-state index in [4.69, 9.17) is 19.4 Å². The Balaban J connectivity index is 1.70. The number of rotatable bonds is 8. The van der Waals surface area contributed by atoms with E-state index in [0.29, 0.717) is 19.4 Å². The standard InChI is InChI=1S/C37H40N6O4/c1-8-23-19(2)27-15-28-20(3)24(9-11-35(44)46-6)32(40-28)18-33-25(10-12-36(45)47-7)21(4)29(41-33)17-34-37(26-13-14-38-43-26)22(5)30(42-34)16-31(23)39-27/h8,15-18,26,39,42H,1,9-14H2,2-7H3. The molecule has 0 spiro atoms. The maximum atomic E-state index is 12.3. The van der Waals surface area contributed by atoms with Crippen molar-refractivity contribution in [3.63, 3.8) is 0 Å². The minimum absolute atomic E-state index is 0.0538. The van der Waals surface area contributed by atoms with Crippen LogP contribution < -0.4 is 0 Å². The molecule has 6 rings (SSSR count). The number of ether oxygens (including phenoxy) is 2.